The van der Waals surface area contributed by atoms with Gasteiger partial charge in [-0.05, 0) is 74.5 Å². The number of aromatic carboxylic acids is 1. The van der Waals surface area contributed by atoms with Gasteiger partial charge >= 0.3 is 5.97 Å². The first-order valence-electron chi connectivity index (χ1n) is 10.7. The van der Waals surface area contributed by atoms with Crippen molar-refractivity contribution < 1.29 is 23.1 Å². The molecule has 0 bridgehead atoms. The number of likely N-dealkylation sites (N-methyl/N-ethyl adjacent to an activating group) is 1. The van der Waals surface area contributed by atoms with Gasteiger partial charge in [-0.15, -0.1) is 0 Å². The van der Waals surface area contributed by atoms with Crippen molar-refractivity contribution in [2.24, 2.45) is 17.6 Å². The summed E-state index contributed by atoms with van der Waals surface area (Å²) in [4.78, 5) is 25.3. The molecule has 0 unspecified atom stereocenters. The lowest BCUT2D eigenvalue weighted by Gasteiger charge is -2.38. The first-order chi connectivity index (χ1) is 14.2. The smallest absolute Gasteiger partial charge is 0.335 e. The number of benzene rings is 1. The molecule has 0 radical (unpaired) electrons. The fraction of sp³-hybridized carbons (Fsp3) is 0.636. The van der Waals surface area contributed by atoms with Crippen LogP contribution in [0.3, 0.4) is 0 Å². The van der Waals surface area contributed by atoms with Crippen LogP contribution >= 0.6 is 0 Å². The molecule has 1 aromatic carbocycles. The van der Waals surface area contributed by atoms with Crippen molar-refractivity contribution in [2.75, 3.05) is 12.8 Å². The van der Waals surface area contributed by atoms with E-state index in [1.807, 2.05) is 7.05 Å². The standard InChI is InChI=1S/C22H32N2O5S/c1-24(19-3-2-4-19)21(25)20(23)17-9-5-15(6-10-17)13-30(28,29)14-16-7-11-18(12-8-16)22(26)27/h7-8,11-12,15,17,19-20H,2-6,9-10,13-14,23H2,1H3,(H,26,27)/t15?,17?,20-/m0/s1. The van der Waals surface area contributed by atoms with Crippen LogP contribution in [0.4, 0.5) is 0 Å². The van der Waals surface area contributed by atoms with Crippen LogP contribution in [0.5, 0.6) is 0 Å². The zero-order chi connectivity index (χ0) is 21.9. The average Bonchev–Trinajstić information content (AvgIpc) is 2.65. The lowest BCUT2D eigenvalue weighted by atomic mass is 9.78. The molecule has 7 nitrogen and oxygen atoms in total. The van der Waals surface area contributed by atoms with Crippen LogP contribution in [-0.2, 0) is 20.4 Å². The number of amides is 1. The van der Waals surface area contributed by atoms with Crippen LogP contribution in [0.2, 0.25) is 0 Å². The van der Waals surface area contributed by atoms with Crippen LogP contribution < -0.4 is 5.73 Å². The Labute approximate surface area is 178 Å². The minimum atomic E-state index is -3.30. The van der Waals surface area contributed by atoms with Crippen LogP contribution in [0.15, 0.2) is 24.3 Å². The highest BCUT2D eigenvalue weighted by Crippen LogP contribution is 2.33. The molecule has 1 aromatic rings. The van der Waals surface area contributed by atoms with Crippen LogP contribution in [-0.4, -0.2) is 55.2 Å². The van der Waals surface area contributed by atoms with Gasteiger partial charge in [0.1, 0.15) is 0 Å². The molecule has 2 aliphatic rings. The van der Waals surface area contributed by atoms with Gasteiger partial charge in [0.25, 0.3) is 0 Å². The van der Waals surface area contributed by atoms with Gasteiger partial charge in [0.05, 0.1) is 23.1 Å². The molecule has 3 rings (SSSR count). The molecule has 2 saturated carbocycles. The zero-order valence-electron chi connectivity index (χ0n) is 17.5. The average molecular weight is 437 g/mol. The summed E-state index contributed by atoms with van der Waals surface area (Å²) in [6.45, 7) is 0. The summed E-state index contributed by atoms with van der Waals surface area (Å²) in [5.41, 5.74) is 7.01. The fourth-order valence-corrected chi connectivity index (χ4v) is 6.39. The van der Waals surface area contributed by atoms with E-state index in [1.54, 1.807) is 17.0 Å². The Morgan fingerprint density at radius 2 is 1.70 bits per heavy atom. The quantitative estimate of drug-likeness (QED) is 0.646. The second-order valence-corrected chi connectivity index (χ2v) is 11.0. The number of carbonyl (C=O) groups excluding carboxylic acids is 1. The Hall–Kier alpha value is -1.93. The largest absolute Gasteiger partial charge is 0.478 e. The molecule has 0 aliphatic heterocycles. The lowest BCUT2D eigenvalue weighted by Crippen LogP contribution is -2.52. The Bertz CT molecular complexity index is 856. The second kappa shape index (κ2) is 9.47. The minimum absolute atomic E-state index is 0.0144. The van der Waals surface area contributed by atoms with E-state index < -0.39 is 21.8 Å². The summed E-state index contributed by atoms with van der Waals surface area (Å²) in [7, 11) is -1.46. The molecule has 8 heteroatoms. The van der Waals surface area contributed by atoms with Crippen molar-refractivity contribution in [2.45, 2.75) is 62.8 Å². The van der Waals surface area contributed by atoms with Gasteiger partial charge in [-0.1, -0.05) is 12.1 Å². The molecule has 0 aromatic heterocycles. The third kappa shape index (κ3) is 5.60. The number of nitrogens with zero attached hydrogens (tertiary/aromatic N) is 1. The molecule has 1 atom stereocenters. The number of nitrogens with two attached hydrogens (primary N) is 1. The van der Waals surface area contributed by atoms with E-state index in [0.717, 1.165) is 38.5 Å². The van der Waals surface area contributed by atoms with Gasteiger partial charge in [-0.3, -0.25) is 4.79 Å². The molecule has 30 heavy (non-hydrogen) atoms. The van der Waals surface area contributed by atoms with Crippen molar-refractivity contribution in [1.29, 1.82) is 0 Å². The van der Waals surface area contributed by atoms with Crippen LogP contribution in [0, 0.1) is 11.8 Å². The zero-order valence-corrected chi connectivity index (χ0v) is 18.3. The molecule has 0 saturated heterocycles. The Kier molecular flexibility index (Phi) is 7.18. The highest BCUT2D eigenvalue weighted by atomic mass is 32.2. The summed E-state index contributed by atoms with van der Waals surface area (Å²) in [5, 5.41) is 8.94. The highest BCUT2D eigenvalue weighted by Gasteiger charge is 2.35. The summed E-state index contributed by atoms with van der Waals surface area (Å²) >= 11 is 0. The predicted molar refractivity (Wildman–Crippen MR) is 115 cm³/mol. The third-order valence-electron chi connectivity index (χ3n) is 6.73. The van der Waals surface area contributed by atoms with E-state index in [4.69, 9.17) is 10.8 Å². The van der Waals surface area contributed by atoms with Gasteiger partial charge in [0, 0.05) is 13.1 Å². The second-order valence-electron chi connectivity index (χ2n) is 8.90. The Morgan fingerprint density at radius 1 is 1.10 bits per heavy atom. The van der Waals surface area contributed by atoms with E-state index in [-0.39, 0.29) is 34.8 Å². The molecule has 0 heterocycles. The third-order valence-corrected chi connectivity index (χ3v) is 8.48. The maximum absolute atomic E-state index is 12.6. The van der Waals surface area contributed by atoms with E-state index in [0.29, 0.717) is 11.6 Å². The summed E-state index contributed by atoms with van der Waals surface area (Å²) in [6.07, 6.45) is 6.35. The number of hydrogen-bond donors (Lipinski definition) is 2. The maximum atomic E-state index is 12.6. The van der Waals surface area contributed by atoms with Gasteiger partial charge in [0.15, 0.2) is 9.84 Å². The van der Waals surface area contributed by atoms with E-state index in [2.05, 4.69) is 0 Å². The first-order valence-corrected chi connectivity index (χ1v) is 12.5. The number of sulfone groups is 1. The van der Waals surface area contributed by atoms with Crippen LogP contribution in [0.1, 0.15) is 60.9 Å². The Balaban J connectivity index is 1.48. The first kappa shape index (κ1) is 22.7. The minimum Gasteiger partial charge on any atom is -0.478 e. The molecular weight excluding hydrogens is 404 g/mol. The number of rotatable bonds is 8. The van der Waals surface area contributed by atoms with E-state index in [9.17, 15) is 18.0 Å². The lowest BCUT2D eigenvalue weighted by molar-refractivity contribution is -0.136. The molecular formula is C22H32N2O5S. The molecule has 0 spiro atoms. The van der Waals surface area contributed by atoms with Crippen molar-refractivity contribution in [3.63, 3.8) is 0 Å². The number of hydrogen-bond acceptors (Lipinski definition) is 5. The summed E-state index contributed by atoms with van der Waals surface area (Å²) in [6, 6.07) is 5.80. The Morgan fingerprint density at radius 3 is 2.20 bits per heavy atom. The number of carbonyl (C=O) groups is 2. The van der Waals surface area contributed by atoms with Gasteiger partial charge in [-0.2, -0.15) is 0 Å². The van der Waals surface area contributed by atoms with Crippen molar-refractivity contribution in [1.82, 2.24) is 4.90 Å². The summed E-state index contributed by atoms with van der Waals surface area (Å²) < 4.78 is 25.2. The predicted octanol–water partition coefficient (Wildman–Crippen LogP) is 2.44. The van der Waals surface area contributed by atoms with Gasteiger partial charge in [0.2, 0.25) is 5.91 Å². The highest BCUT2D eigenvalue weighted by molar-refractivity contribution is 7.90. The molecule has 2 aliphatic carbocycles. The van der Waals surface area contributed by atoms with Gasteiger partial charge < -0.3 is 15.7 Å². The van der Waals surface area contributed by atoms with E-state index >= 15 is 0 Å². The molecule has 1 amide bonds. The molecule has 3 N–H and O–H groups in total. The maximum Gasteiger partial charge on any atom is 0.335 e. The molecule has 166 valence electrons. The van der Waals surface area contributed by atoms with Crippen molar-refractivity contribution in [3.05, 3.63) is 35.4 Å². The normalized spacial score (nSPS) is 23.4. The van der Waals surface area contributed by atoms with Crippen LogP contribution in [0.25, 0.3) is 0 Å². The SMILES string of the molecule is CN(C(=O)[C@@H](N)C1CCC(CS(=O)(=O)Cc2ccc(C(=O)O)cc2)CC1)C1CCC1. The van der Waals surface area contributed by atoms with E-state index in [1.165, 1.54) is 18.6 Å². The molecule has 2 fully saturated rings. The summed E-state index contributed by atoms with van der Waals surface area (Å²) in [5.74, 6) is -0.793. The van der Waals surface area contributed by atoms with Crippen molar-refractivity contribution in [3.8, 4) is 0 Å². The fourth-order valence-electron chi connectivity index (χ4n) is 4.52. The number of carboxylic acid groups (broad SMARTS) is 1. The number of carboxylic acids is 1. The topological polar surface area (TPSA) is 118 Å². The van der Waals surface area contributed by atoms with Crippen molar-refractivity contribution >= 4 is 21.7 Å². The monoisotopic (exact) mass is 436 g/mol. The van der Waals surface area contributed by atoms with Gasteiger partial charge in [-0.25, -0.2) is 13.2 Å².